The van der Waals surface area contributed by atoms with Gasteiger partial charge in [-0.25, -0.2) is 9.18 Å². The van der Waals surface area contributed by atoms with Crippen LogP contribution in [0, 0.1) is 5.82 Å². The van der Waals surface area contributed by atoms with Crippen molar-refractivity contribution in [1.29, 1.82) is 0 Å². The molecule has 1 aliphatic heterocycles. The average Bonchev–Trinajstić information content (AvgIpc) is 2.66. The summed E-state index contributed by atoms with van der Waals surface area (Å²) in [6.45, 7) is 6.23. The monoisotopic (exact) mass is 388 g/mol. The lowest BCUT2D eigenvalue weighted by Gasteiger charge is -2.23. The van der Waals surface area contributed by atoms with E-state index in [4.69, 9.17) is 9.47 Å². The third-order valence-corrected chi connectivity index (χ3v) is 4.10. The standard InChI is InChI=1S/C16H16FNO.C6H13NO2/c1-18(15-7-3-2-6-14(15)17)13-9-8-12-5-4-10-19-16(12)11-13;1-6(2,3)9-5(8)7-4/h2-3,6-9,11H,4-5,10H2,1H3;1-4H3,(H,7,8). The van der Waals surface area contributed by atoms with E-state index in [1.165, 1.54) is 18.7 Å². The highest BCUT2D eigenvalue weighted by molar-refractivity contribution is 5.67. The number of carbonyl (C=O) groups is 1. The highest BCUT2D eigenvalue weighted by Crippen LogP contribution is 2.32. The van der Waals surface area contributed by atoms with Gasteiger partial charge in [-0.2, -0.15) is 0 Å². The smallest absolute Gasteiger partial charge is 0.407 e. The van der Waals surface area contributed by atoms with E-state index in [2.05, 4.69) is 11.4 Å². The van der Waals surface area contributed by atoms with Crippen molar-refractivity contribution in [1.82, 2.24) is 5.32 Å². The first-order valence-corrected chi connectivity index (χ1v) is 9.36. The fourth-order valence-electron chi connectivity index (χ4n) is 2.73. The molecule has 0 bridgehead atoms. The van der Waals surface area contributed by atoms with Crippen LogP contribution in [0.5, 0.6) is 5.75 Å². The predicted molar refractivity (Wildman–Crippen MR) is 110 cm³/mol. The minimum Gasteiger partial charge on any atom is -0.493 e. The van der Waals surface area contributed by atoms with Crippen LogP contribution in [0.25, 0.3) is 0 Å². The third-order valence-electron chi connectivity index (χ3n) is 4.10. The van der Waals surface area contributed by atoms with Gasteiger partial charge in [0.25, 0.3) is 0 Å². The van der Waals surface area contributed by atoms with Crippen molar-refractivity contribution in [2.24, 2.45) is 0 Å². The van der Waals surface area contributed by atoms with Gasteiger partial charge in [0, 0.05) is 25.8 Å². The number of fused-ring (bicyclic) bond motifs is 1. The minimum atomic E-state index is -0.389. The van der Waals surface area contributed by atoms with Gasteiger partial charge in [0.05, 0.1) is 12.3 Å². The molecular formula is C22H29FN2O3. The second-order valence-corrected chi connectivity index (χ2v) is 7.51. The maximum absolute atomic E-state index is 13.8. The Morgan fingerprint density at radius 2 is 1.93 bits per heavy atom. The highest BCUT2D eigenvalue weighted by atomic mass is 19.1. The van der Waals surface area contributed by atoms with Crippen LogP contribution >= 0.6 is 0 Å². The molecular weight excluding hydrogens is 359 g/mol. The number of para-hydroxylation sites is 1. The fraction of sp³-hybridized carbons (Fsp3) is 0.409. The van der Waals surface area contributed by atoms with Crippen LogP contribution in [-0.2, 0) is 11.2 Å². The lowest BCUT2D eigenvalue weighted by atomic mass is 10.1. The van der Waals surface area contributed by atoms with Crippen molar-refractivity contribution in [3.8, 4) is 5.75 Å². The average molecular weight is 388 g/mol. The molecule has 2 aromatic carbocycles. The van der Waals surface area contributed by atoms with Crippen molar-refractivity contribution in [3.63, 3.8) is 0 Å². The predicted octanol–water partition coefficient (Wildman–Crippen LogP) is 5.06. The van der Waals surface area contributed by atoms with E-state index in [9.17, 15) is 9.18 Å². The molecule has 5 nitrogen and oxygen atoms in total. The Kier molecular flexibility index (Phi) is 7.26. The third kappa shape index (κ3) is 6.15. The summed E-state index contributed by atoms with van der Waals surface area (Å²) in [7, 11) is 3.40. The van der Waals surface area contributed by atoms with Gasteiger partial charge in [0.1, 0.15) is 17.2 Å². The number of alkyl carbamates (subject to hydrolysis) is 1. The molecule has 0 unspecified atom stereocenters. The Balaban J connectivity index is 0.000000266. The maximum Gasteiger partial charge on any atom is 0.407 e. The van der Waals surface area contributed by atoms with Crippen LogP contribution in [0.2, 0.25) is 0 Å². The zero-order chi connectivity index (χ0) is 20.7. The molecule has 0 saturated heterocycles. The first kappa shape index (κ1) is 21.5. The number of hydrogen-bond donors (Lipinski definition) is 1. The van der Waals surface area contributed by atoms with Crippen molar-refractivity contribution >= 4 is 17.5 Å². The van der Waals surface area contributed by atoms with Crippen LogP contribution in [0.4, 0.5) is 20.6 Å². The number of benzene rings is 2. The van der Waals surface area contributed by atoms with Gasteiger partial charge in [-0.3, -0.25) is 0 Å². The van der Waals surface area contributed by atoms with E-state index in [1.54, 1.807) is 12.1 Å². The Morgan fingerprint density at radius 1 is 1.21 bits per heavy atom. The van der Waals surface area contributed by atoms with Crippen LogP contribution in [0.15, 0.2) is 42.5 Å². The van der Waals surface area contributed by atoms with E-state index in [1.807, 2.05) is 50.9 Å². The quantitative estimate of drug-likeness (QED) is 0.781. The van der Waals surface area contributed by atoms with Gasteiger partial charge in [-0.15, -0.1) is 0 Å². The lowest BCUT2D eigenvalue weighted by Crippen LogP contribution is -2.30. The van der Waals surface area contributed by atoms with Crippen molar-refractivity contribution in [2.45, 2.75) is 39.2 Å². The van der Waals surface area contributed by atoms with Gasteiger partial charge in [-0.05, 0) is 57.4 Å². The largest absolute Gasteiger partial charge is 0.493 e. The summed E-state index contributed by atoms with van der Waals surface area (Å²) in [4.78, 5) is 12.3. The van der Waals surface area contributed by atoms with Crippen molar-refractivity contribution in [2.75, 3.05) is 25.6 Å². The number of nitrogens with zero attached hydrogens (tertiary/aromatic N) is 1. The van der Waals surface area contributed by atoms with E-state index in [-0.39, 0.29) is 17.5 Å². The molecule has 0 saturated carbocycles. The maximum atomic E-state index is 13.8. The molecule has 1 N–H and O–H groups in total. The number of carbonyl (C=O) groups excluding carboxylic acids is 1. The number of nitrogens with one attached hydrogen (secondary N) is 1. The second kappa shape index (κ2) is 9.44. The molecule has 152 valence electrons. The molecule has 1 heterocycles. The molecule has 1 aliphatic rings. The summed E-state index contributed by atoms with van der Waals surface area (Å²) in [6.07, 6.45) is 1.73. The SMILES string of the molecule is CN(c1ccc2c(c1)OCCC2)c1ccccc1F.CNC(=O)OC(C)(C)C. The number of anilines is 2. The summed E-state index contributed by atoms with van der Waals surface area (Å²) < 4.78 is 24.3. The first-order valence-electron chi connectivity index (χ1n) is 9.36. The molecule has 0 aliphatic carbocycles. The van der Waals surface area contributed by atoms with Gasteiger partial charge in [0.2, 0.25) is 0 Å². The van der Waals surface area contributed by atoms with E-state index >= 15 is 0 Å². The molecule has 0 aromatic heterocycles. The molecule has 0 atom stereocenters. The van der Waals surface area contributed by atoms with E-state index < -0.39 is 0 Å². The molecule has 0 spiro atoms. The Hall–Kier alpha value is -2.76. The summed E-state index contributed by atoms with van der Waals surface area (Å²) in [6, 6.07) is 12.9. The summed E-state index contributed by atoms with van der Waals surface area (Å²) in [5, 5.41) is 2.36. The summed E-state index contributed by atoms with van der Waals surface area (Å²) in [5.41, 5.74) is 2.35. The summed E-state index contributed by atoms with van der Waals surface area (Å²) >= 11 is 0. The van der Waals surface area contributed by atoms with Crippen LogP contribution in [0.1, 0.15) is 32.8 Å². The molecule has 28 heavy (non-hydrogen) atoms. The zero-order valence-corrected chi connectivity index (χ0v) is 17.2. The Morgan fingerprint density at radius 3 is 2.54 bits per heavy atom. The fourth-order valence-corrected chi connectivity index (χ4v) is 2.73. The Bertz CT molecular complexity index is 803. The van der Waals surface area contributed by atoms with Crippen LogP contribution < -0.4 is 15.0 Å². The van der Waals surface area contributed by atoms with Crippen LogP contribution in [-0.4, -0.2) is 32.4 Å². The van der Waals surface area contributed by atoms with Crippen molar-refractivity contribution in [3.05, 3.63) is 53.8 Å². The Labute approximate surface area is 166 Å². The van der Waals surface area contributed by atoms with E-state index in [0.29, 0.717) is 5.69 Å². The number of amides is 1. The molecule has 2 aromatic rings. The topological polar surface area (TPSA) is 50.8 Å². The molecule has 6 heteroatoms. The van der Waals surface area contributed by atoms with Gasteiger partial charge < -0.3 is 19.7 Å². The normalized spacial score (nSPS) is 12.6. The number of rotatable bonds is 2. The second-order valence-electron chi connectivity index (χ2n) is 7.51. The number of hydrogen-bond acceptors (Lipinski definition) is 4. The van der Waals surface area contributed by atoms with Crippen molar-refractivity contribution < 1.29 is 18.7 Å². The number of aryl methyl sites for hydroxylation is 1. The zero-order valence-electron chi connectivity index (χ0n) is 17.2. The highest BCUT2D eigenvalue weighted by Gasteiger charge is 2.15. The molecule has 0 radical (unpaired) electrons. The first-order chi connectivity index (χ1) is 13.2. The molecule has 0 fully saturated rings. The lowest BCUT2D eigenvalue weighted by molar-refractivity contribution is 0.0541. The molecule has 1 amide bonds. The minimum absolute atomic E-state index is 0.219. The number of ether oxygens (including phenoxy) is 2. The summed E-state index contributed by atoms with van der Waals surface area (Å²) in [5.74, 6) is 0.704. The molecule has 3 rings (SSSR count). The van der Waals surface area contributed by atoms with Gasteiger partial charge >= 0.3 is 6.09 Å². The van der Waals surface area contributed by atoms with Gasteiger partial charge in [0.15, 0.2) is 0 Å². The van der Waals surface area contributed by atoms with Gasteiger partial charge in [-0.1, -0.05) is 18.2 Å². The van der Waals surface area contributed by atoms with E-state index in [0.717, 1.165) is 30.9 Å². The number of halogens is 1. The van der Waals surface area contributed by atoms with Crippen LogP contribution in [0.3, 0.4) is 0 Å².